The zero-order valence-electron chi connectivity index (χ0n) is 10.7. The second kappa shape index (κ2) is 5.96. The maximum atomic E-state index is 13.5. The highest BCUT2D eigenvalue weighted by molar-refractivity contribution is 5.94. The van der Waals surface area contributed by atoms with Crippen LogP contribution >= 0.6 is 0 Å². The molecule has 20 heavy (non-hydrogen) atoms. The van der Waals surface area contributed by atoms with Crippen molar-refractivity contribution in [2.45, 2.75) is 0 Å². The molecule has 1 heterocycles. The van der Waals surface area contributed by atoms with Crippen molar-refractivity contribution < 1.29 is 23.5 Å². The Morgan fingerprint density at radius 3 is 2.30 bits per heavy atom. The molecule has 1 aromatic carbocycles. The number of aliphatic hydroxyl groups excluding tert-OH is 1. The van der Waals surface area contributed by atoms with Crippen LogP contribution in [0, 0.1) is 11.6 Å². The van der Waals surface area contributed by atoms with E-state index in [1.165, 1.54) is 21.9 Å². The number of carbonyl (C=O) groups excluding carboxylic acids is 2. The van der Waals surface area contributed by atoms with E-state index in [-0.39, 0.29) is 31.7 Å². The first kappa shape index (κ1) is 14.4. The number of amides is 2. The average Bonchev–Trinajstić information content (AvgIpc) is 2.48. The van der Waals surface area contributed by atoms with E-state index in [0.717, 1.165) is 6.07 Å². The molecule has 5 nitrogen and oxygen atoms in total. The van der Waals surface area contributed by atoms with Crippen LogP contribution < -0.4 is 0 Å². The lowest BCUT2D eigenvalue weighted by Gasteiger charge is -2.34. The summed E-state index contributed by atoms with van der Waals surface area (Å²) in [5.74, 6) is -3.23. The van der Waals surface area contributed by atoms with Crippen LogP contribution in [0.1, 0.15) is 10.4 Å². The van der Waals surface area contributed by atoms with Gasteiger partial charge in [0.15, 0.2) is 11.6 Å². The third-order valence-electron chi connectivity index (χ3n) is 3.24. The number of rotatable bonds is 2. The first-order valence-electron chi connectivity index (χ1n) is 6.16. The van der Waals surface area contributed by atoms with Gasteiger partial charge in [-0.15, -0.1) is 0 Å². The van der Waals surface area contributed by atoms with Gasteiger partial charge in [-0.3, -0.25) is 9.59 Å². The zero-order valence-corrected chi connectivity index (χ0v) is 10.7. The highest BCUT2D eigenvalue weighted by atomic mass is 19.2. The van der Waals surface area contributed by atoms with E-state index in [0.29, 0.717) is 0 Å². The predicted octanol–water partition coefficient (Wildman–Crippen LogP) is 0.242. The number of nitrogens with zero attached hydrogens (tertiary/aromatic N) is 2. The van der Waals surface area contributed by atoms with Crippen LogP contribution in [0.15, 0.2) is 18.2 Å². The molecule has 7 heteroatoms. The minimum absolute atomic E-state index is 0.223. The van der Waals surface area contributed by atoms with Crippen molar-refractivity contribution >= 4 is 11.8 Å². The molecule has 1 fully saturated rings. The topological polar surface area (TPSA) is 60.9 Å². The average molecular weight is 284 g/mol. The Labute approximate surface area is 114 Å². The molecular formula is C13H14F2N2O3. The van der Waals surface area contributed by atoms with E-state index in [9.17, 15) is 18.4 Å². The molecule has 0 aliphatic carbocycles. The van der Waals surface area contributed by atoms with Crippen molar-refractivity contribution in [1.82, 2.24) is 9.80 Å². The van der Waals surface area contributed by atoms with E-state index in [2.05, 4.69) is 0 Å². The lowest BCUT2D eigenvalue weighted by Crippen LogP contribution is -2.51. The number of hydrogen-bond donors (Lipinski definition) is 1. The molecule has 0 radical (unpaired) electrons. The lowest BCUT2D eigenvalue weighted by molar-refractivity contribution is -0.135. The van der Waals surface area contributed by atoms with Gasteiger partial charge >= 0.3 is 0 Å². The second-order valence-electron chi connectivity index (χ2n) is 4.43. The number of halogens is 2. The van der Waals surface area contributed by atoms with Crippen LogP contribution in [-0.4, -0.2) is 59.5 Å². The van der Waals surface area contributed by atoms with E-state index >= 15 is 0 Å². The molecule has 108 valence electrons. The van der Waals surface area contributed by atoms with Crippen LogP contribution in [-0.2, 0) is 4.79 Å². The Kier molecular flexibility index (Phi) is 4.29. The molecule has 0 unspecified atom stereocenters. The minimum atomic E-state index is -1.16. The van der Waals surface area contributed by atoms with Crippen molar-refractivity contribution in [2.24, 2.45) is 0 Å². The van der Waals surface area contributed by atoms with Crippen molar-refractivity contribution in [3.05, 3.63) is 35.4 Å². The van der Waals surface area contributed by atoms with E-state index < -0.39 is 30.1 Å². The standard InChI is InChI=1S/C13H14F2N2O3/c14-10-3-1-2-9(12(10)15)13(20)17-6-4-16(5-7-17)11(19)8-18/h1-3,18H,4-8H2. The van der Waals surface area contributed by atoms with E-state index in [1.807, 2.05) is 0 Å². The van der Waals surface area contributed by atoms with Gasteiger partial charge in [0.2, 0.25) is 5.91 Å². The normalized spacial score (nSPS) is 15.3. The summed E-state index contributed by atoms with van der Waals surface area (Å²) in [4.78, 5) is 26.1. The second-order valence-corrected chi connectivity index (χ2v) is 4.43. The molecular weight excluding hydrogens is 270 g/mol. The molecule has 1 aromatic rings. The maximum absolute atomic E-state index is 13.5. The van der Waals surface area contributed by atoms with E-state index in [4.69, 9.17) is 5.11 Å². The molecule has 1 saturated heterocycles. The summed E-state index contributed by atoms with van der Waals surface area (Å²) in [6, 6.07) is 3.45. The summed E-state index contributed by atoms with van der Waals surface area (Å²) >= 11 is 0. The summed E-state index contributed by atoms with van der Waals surface area (Å²) in [5.41, 5.74) is -0.313. The molecule has 1 aliphatic rings. The third kappa shape index (κ3) is 2.77. The molecule has 2 amide bonds. The van der Waals surface area contributed by atoms with Crippen LogP contribution in [0.3, 0.4) is 0 Å². The Morgan fingerprint density at radius 1 is 1.10 bits per heavy atom. The van der Waals surface area contributed by atoms with Gasteiger partial charge in [0.05, 0.1) is 5.56 Å². The zero-order chi connectivity index (χ0) is 14.7. The summed E-state index contributed by atoms with van der Waals surface area (Å²) in [5, 5.41) is 8.74. The summed E-state index contributed by atoms with van der Waals surface area (Å²) in [6.07, 6.45) is 0. The fourth-order valence-corrected chi connectivity index (χ4v) is 2.10. The van der Waals surface area contributed by atoms with Crippen LogP contribution in [0.2, 0.25) is 0 Å². The summed E-state index contributed by atoms with van der Waals surface area (Å²) < 4.78 is 26.6. The highest BCUT2D eigenvalue weighted by Crippen LogP contribution is 2.15. The Bertz CT molecular complexity index is 528. The Morgan fingerprint density at radius 2 is 1.70 bits per heavy atom. The quantitative estimate of drug-likeness (QED) is 0.846. The van der Waals surface area contributed by atoms with Crippen LogP contribution in [0.5, 0.6) is 0 Å². The first-order chi connectivity index (χ1) is 9.54. The number of piperazine rings is 1. The molecule has 0 aromatic heterocycles. The number of aliphatic hydroxyl groups is 1. The third-order valence-corrected chi connectivity index (χ3v) is 3.24. The number of carbonyl (C=O) groups is 2. The maximum Gasteiger partial charge on any atom is 0.257 e. The van der Waals surface area contributed by atoms with Crippen molar-refractivity contribution in [3.8, 4) is 0 Å². The van der Waals surface area contributed by atoms with Crippen LogP contribution in [0.4, 0.5) is 8.78 Å². The molecule has 2 rings (SSSR count). The number of hydrogen-bond acceptors (Lipinski definition) is 3. The molecule has 0 atom stereocenters. The summed E-state index contributed by atoms with van der Waals surface area (Å²) in [7, 11) is 0. The molecule has 0 bridgehead atoms. The Hall–Kier alpha value is -2.02. The lowest BCUT2D eigenvalue weighted by atomic mass is 10.1. The van der Waals surface area contributed by atoms with Crippen molar-refractivity contribution in [1.29, 1.82) is 0 Å². The van der Waals surface area contributed by atoms with Gasteiger partial charge in [-0.05, 0) is 12.1 Å². The minimum Gasteiger partial charge on any atom is -0.387 e. The fourth-order valence-electron chi connectivity index (χ4n) is 2.10. The smallest absolute Gasteiger partial charge is 0.257 e. The van der Waals surface area contributed by atoms with Crippen LogP contribution in [0.25, 0.3) is 0 Å². The molecule has 1 N–H and O–H groups in total. The van der Waals surface area contributed by atoms with Gasteiger partial charge in [-0.2, -0.15) is 0 Å². The first-order valence-corrected chi connectivity index (χ1v) is 6.16. The number of benzene rings is 1. The predicted molar refractivity (Wildman–Crippen MR) is 65.9 cm³/mol. The SMILES string of the molecule is O=C(CO)N1CCN(C(=O)c2cccc(F)c2F)CC1. The van der Waals surface area contributed by atoms with Gasteiger partial charge in [0.25, 0.3) is 5.91 Å². The van der Waals surface area contributed by atoms with E-state index in [1.54, 1.807) is 0 Å². The fraction of sp³-hybridized carbons (Fsp3) is 0.385. The van der Waals surface area contributed by atoms with Gasteiger partial charge < -0.3 is 14.9 Å². The summed E-state index contributed by atoms with van der Waals surface area (Å²) in [6.45, 7) is 0.400. The van der Waals surface area contributed by atoms with Crippen molar-refractivity contribution in [3.63, 3.8) is 0 Å². The largest absolute Gasteiger partial charge is 0.387 e. The molecule has 0 spiro atoms. The molecule has 1 aliphatic heterocycles. The van der Waals surface area contributed by atoms with Gasteiger partial charge in [-0.1, -0.05) is 6.07 Å². The molecule has 0 saturated carbocycles. The van der Waals surface area contributed by atoms with Gasteiger partial charge in [0, 0.05) is 26.2 Å². The van der Waals surface area contributed by atoms with Crippen molar-refractivity contribution in [2.75, 3.05) is 32.8 Å². The van der Waals surface area contributed by atoms with Gasteiger partial charge in [-0.25, -0.2) is 8.78 Å². The monoisotopic (exact) mass is 284 g/mol. The highest BCUT2D eigenvalue weighted by Gasteiger charge is 2.26. The van der Waals surface area contributed by atoms with Gasteiger partial charge in [0.1, 0.15) is 6.61 Å². The Balaban J connectivity index is 2.05.